The molecule has 3 rings (SSSR count). The van der Waals surface area contributed by atoms with Gasteiger partial charge in [0.25, 0.3) is 5.91 Å². The second kappa shape index (κ2) is 4.12. The lowest BCUT2D eigenvalue weighted by molar-refractivity contribution is -0.153. The third-order valence-corrected chi connectivity index (χ3v) is 3.34. The number of aromatic nitrogens is 1. The van der Waals surface area contributed by atoms with Gasteiger partial charge in [-0.3, -0.25) is 24.7 Å². The first kappa shape index (κ1) is 12.3. The standard InChI is InChI=1S/C12H10N4O4/c17-8-1-2-9(18)16(8)12(7-3-5-13-6-4-7)10(19)14-11(20)15-12/h3-6H,1-2H2,(H2,14,15,19,20)/t12-/m1/s1. The van der Waals surface area contributed by atoms with Crippen LogP contribution >= 0.6 is 0 Å². The molecule has 8 heteroatoms. The first-order valence-corrected chi connectivity index (χ1v) is 5.95. The summed E-state index contributed by atoms with van der Waals surface area (Å²) in [6.07, 6.45) is 2.88. The quantitative estimate of drug-likeness (QED) is 0.543. The zero-order valence-electron chi connectivity index (χ0n) is 10.3. The highest BCUT2D eigenvalue weighted by Crippen LogP contribution is 2.33. The smallest absolute Gasteiger partial charge is 0.302 e. The number of urea groups is 1. The fraction of sp³-hybridized carbons (Fsp3) is 0.250. The Balaban J connectivity index is 2.19. The molecule has 0 radical (unpaired) electrons. The molecule has 1 aromatic heterocycles. The van der Waals surface area contributed by atoms with Crippen molar-refractivity contribution in [3.63, 3.8) is 0 Å². The Hall–Kier alpha value is -2.77. The minimum absolute atomic E-state index is 0.0226. The van der Waals surface area contributed by atoms with Crippen molar-refractivity contribution in [3.05, 3.63) is 30.1 Å². The minimum Gasteiger partial charge on any atom is -0.302 e. The highest BCUT2D eigenvalue weighted by Gasteiger charge is 2.57. The molecular formula is C12H10N4O4. The van der Waals surface area contributed by atoms with Gasteiger partial charge in [-0.25, -0.2) is 9.69 Å². The third-order valence-electron chi connectivity index (χ3n) is 3.34. The summed E-state index contributed by atoms with van der Waals surface area (Å²) < 4.78 is 0. The Morgan fingerprint density at radius 3 is 2.15 bits per heavy atom. The van der Waals surface area contributed by atoms with E-state index in [2.05, 4.69) is 15.6 Å². The number of rotatable bonds is 2. The largest absolute Gasteiger partial charge is 0.324 e. The van der Waals surface area contributed by atoms with Gasteiger partial charge < -0.3 is 5.32 Å². The van der Waals surface area contributed by atoms with Crippen molar-refractivity contribution in [3.8, 4) is 0 Å². The average Bonchev–Trinajstić information content (AvgIpc) is 2.91. The van der Waals surface area contributed by atoms with Crippen LogP contribution in [0.3, 0.4) is 0 Å². The van der Waals surface area contributed by atoms with E-state index in [0.717, 1.165) is 4.90 Å². The predicted molar refractivity (Wildman–Crippen MR) is 63.7 cm³/mol. The molecule has 3 heterocycles. The molecule has 1 atom stereocenters. The maximum atomic E-state index is 12.2. The number of pyridine rings is 1. The van der Waals surface area contributed by atoms with Crippen molar-refractivity contribution in [2.24, 2.45) is 0 Å². The highest BCUT2D eigenvalue weighted by molar-refractivity contribution is 6.14. The van der Waals surface area contributed by atoms with Crippen molar-refractivity contribution in [1.29, 1.82) is 0 Å². The molecule has 0 aromatic carbocycles. The van der Waals surface area contributed by atoms with Crippen molar-refractivity contribution in [1.82, 2.24) is 20.5 Å². The molecule has 0 aliphatic carbocycles. The van der Waals surface area contributed by atoms with Crippen LogP contribution in [0.4, 0.5) is 4.79 Å². The van der Waals surface area contributed by atoms with Gasteiger partial charge >= 0.3 is 6.03 Å². The molecule has 0 saturated carbocycles. The van der Waals surface area contributed by atoms with Gasteiger partial charge in [0.2, 0.25) is 17.5 Å². The van der Waals surface area contributed by atoms with Crippen LogP contribution in [-0.2, 0) is 20.0 Å². The number of imide groups is 2. The topological polar surface area (TPSA) is 108 Å². The summed E-state index contributed by atoms with van der Waals surface area (Å²) in [6.45, 7) is 0. The molecule has 2 aliphatic rings. The lowest BCUT2D eigenvalue weighted by Gasteiger charge is -2.34. The van der Waals surface area contributed by atoms with Crippen molar-refractivity contribution in [2.45, 2.75) is 18.5 Å². The van der Waals surface area contributed by atoms with Gasteiger partial charge in [0.1, 0.15) is 0 Å². The maximum Gasteiger partial charge on any atom is 0.324 e. The van der Waals surface area contributed by atoms with E-state index in [9.17, 15) is 19.2 Å². The highest BCUT2D eigenvalue weighted by atomic mass is 16.2. The van der Waals surface area contributed by atoms with Crippen LogP contribution in [0, 0.1) is 0 Å². The fourth-order valence-corrected chi connectivity index (χ4v) is 2.48. The summed E-state index contributed by atoms with van der Waals surface area (Å²) in [4.78, 5) is 52.3. The van der Waals surface area contributed by atoms with Crippen LogP contribution in [0.5, 0.6) is 0 Å². The lowest BCUT2D eigenvalue weighted by atomic mass is 9.98. The Labute approximate surface area is 113 Å². The minimum atomic E-state index is -1.81. The summed E-state index contributed by atoms with van der Waals surface area (Å²) in [5.41, 5.74) is -1.51. The molecule has 8 nitrogen and oxygen atoms in total. The second-order valence-electron chi connectivity index (χ2n) is 4.48. The van der Waals surface area contributed by atoms with Gasteiger partial charge in [0.05, 0.1) is 0 Å². The molecule has 20 heavy (non-hydrogen) atoms. The van der Waals surface area contributed by atoms with Crippen molar-refractivity contribution in [2.75, 3.05) is 0 Å². The van der Waals surface area contributed by atoms with Crippen LogP contribution in [0.25, 0.3) is 0 Å². The lowest BCUT2D eigenvalue weighted by Crippen LogP contribution is -2.59. The van der Waals surface area contributed by atoms with E-state index < -0.39 is 29.4 Å². The summed E-state index contributed by atoms with van der Waals surface area (Å²) >= 11 is 0. The molecular weight excluding hydrogens is 264 g/mol. The number of hydrogen-bond donors (Lipinski definition) is 2. The van der Waals surface area contributed by atoms with E-state index in [4.69, 9.17) is 0 Å². The summed E-state index contributed by atoms with van der Waals surface area (Å²) in [5.74, 6) is -1.74. The molecule has 0 bridgehead atoms. The first-order valence-electron chi connectivity index (χ1n) is 5.95. The number of amides is 5. The maximum absolute atomic E-state index is 12.2. The Morgan fingerprint density at radius 1 is 1.05 bits per heavy atom. The monoisotopic (exact) mass is 274 g/mol. The van der Waals surface area contributed by atoms with Crippen LogP contribution in [0.2, 0.25) is 0 Å². The number of hydrogen-bond acceptors (Lipinski definition) is 5. The predicted octanol–water partition coefficient (Wildman–Crippen LogP) is -0.777. The molecule has 0 unspecified atom stereocenters. The van der Waals surface area contributed by atoms with E-state index in [-0.39, 0.29) is 12.8 Å². The van der Waals surface area contributed by atoms with Crippen LogP contribution in [0.15, 0.2) is 24.5 Å². The molecule has 2 saturated heterocycles. The van der Waals surface area contributed by atoms with E-state index in [1.165, 1.54) is 24.5 Å². The number of likely N-dealkylation sites (tertiary alicyclic amines) is 1. The van der Waals surface area contributed by atoms with E-state index in [0.29, 0.717) is 5.56 Å². The Bertz CT molecular complexity index is 614. The average molecular weight is 274 g/mol. The Kier molecular flexibility index (Phi) is 2.53. The number of carbonyl (C=O) groups excluding carboxylic acids is 4. The summed E-state index contributed by atoms with van der Waals surface area (Å²) in [6, 6.07) is 2.20. The molecule has 5 amide bonds. The Morgan fingerprint density at radius 2 is 1.65 bits per heavy atom. The van der Waals surface area contributed by atoms with Gasteiger partial charge in [-0.15, -0.1) is 0 Å². The SMILES string of the molecule is O=C1NC(=O)[C@@](c2ccncc2)(N2C(=O)CCC2=O)N1. The fourth-order valence-electron chi connectivity index (χ4n) is 2.48. The van der Waals surface area contributed by atoms with Gasteiger partial charge in [-0.1, -0.05) is 0 Å². The molecule has 0 spiro atoms. The molecule has 2 N–H and O–H groups in total. The molecule has 2 fully saturated rings. The van der Waals surface area contributed by atoms with E-state index >= 15 is 0 Å². The van der Waals surface area contributed by atoms with Gasteiger partial charge in [0.15, 0.2) is 0 Å². The van der Waals surface area contributed by atoms with Gasteiger partial charge in [-0.2, -0.15) is 0 Å². The first-order chi connectivity index (χ1) is 9.55. The van der Waals surface area contributed by atoms with Crippen LogP contribution in [-0.4, -0.2) is 33.6 Å². The van der Waals surface area contributed by atoms with Gasteiger partial charge in [-0.05, 0) is 12.1 Å². The second-order valence-corrected chi connectivity index (χ2v) is 4.48. The summed E-state index contributed by atoms with van der Waals surface area (Å²) in [5, 5.41) is 4.46. The normalized spacial score (nSPS) is 25.9. The van der Waals surface area contributed by atoms with Gasteiger partial charge in [0, 0.05) is 30.8 Å². The van der Waals surface area contributed by atoms with E-state index in [1.54, 1.807) is 0 Å². The number of carbonyl (C=O) groups is 4. The third kappa shape index (κ3) is 1.51. The van der Waals surface area contributed by atoms with Crippen molar-refractivity contribution >= 4 is 23.8 Å². The van der Waals surface area contributed by atoms with Crippen molar-refractivity contribution < 1.29 is 19.2 Å². The van der Waals surface area contributed by atoms with Crippen LogP contribution < -0.4 is 10.6 Å². The van der Waals surface area contributed by atoms with E-state index in [1.807, 2.05) is 0 Å². The molecule has 2 aliphatic heterocycles. The zero-order valence-corrected chi connectivity index (χ0v) is 10.3. The molecule has 1 aromatic rings. The summed E-state index contributed by atoms with van der Waals surface area (Å²) in [7, 11) is 0. The van der Waals surface area contributed by atoms with Crippen LogP contribution in [0.1, 0.15) is 18.4 Å². The number of nitrogens with zero attached hydrogens (tertiary/aromatic N) is 2. The molecule has 102 valence electrons. The zero-order chi connectivity index (χ0) is 14.3. The number of nitrogens with one attached hydrogen (secondary N) is 2.